The van der Waals surface area contributed by atoms with E-state index >= 15 is 0 Å². The predicted molar refractivity (Wildman–Crippen MR) is 114 cm³/mol. The second-order valence-electron chi connectivity index (χ2n) is 6.39. The van der Waals surface area contributed by atoms with Crippen LogP contribution in [-0.2, 0) is 10.0 Å². The highest BCUT2D eigenvalue weighted by Crippen LogP contribution is 2.26. The van der Waals surface area contributed by atoms with Crippen LogP contribution in [0.2, 0.25) is 0 Å². The van der Waals surface area contributed by atoms with Gasteiger partial charge in [-0.1, -0.05) is 30.3 Å². The number of ether oxygens (including phenoxy) is 1. The van der Waals surface area contributed by atoms with Gasteiger partial charge in [0.2, 0.25) is 5.95 Å². The molecule has 3 aromatic carbocycles. The number of aromatic nitrogens is 2. The van der Waals surface area contributed by atoms with Crippen molar-refractivity contribution in [2.45, 2.75) is 4.90 Å². The summed E-state index contributed by atoms with van der Waals surface area (Å²) in [6.07, 6.45) is 0. The van der Waals surface area contributed by atoms with E-state index < -0.39 is 15.9 Å². The number of benzene rings is 3. The van der Waals surface area contributed by atoms with Gasteiger partial charge in [-0.25, -0.2) is 13.4 Å². The predicted octanol–water partition coefficient (Wildman–Crippen LogP) is 3.62. The molecule has 4 aromatic rings. The Kier molecular flexibility index (Phi) is 5.11. The minimum atomic E-state index is -3.93. The van der Waals surface area contributed by atoms with Crippen LogP contribution < -0.4 is 14.8 Å². The van der Waals surface area contributed by atoms with Crippen LogP contribution in [0, 0.1) is 0 Å². The minimum Gasteiger partial charge on any atom is -0.495 e. The third-order valence-electron chi connectivity index (χ3n) is 4.38. The molecule has 0 aliphatic heterocycles. The zero-order valence-electron chi connectivity index (χ0n) is 15.9. The number of rotatable bonds is 6. The average Bonchev–Trinajstić information content (AvgIpc) is 3.16. The molecule has 1 aromatic heterocycles. The van der Waals surface area contributed by atoms with Crippen LogP contribution in [0.3, 0.4) is 0 Å². The number of amides is 1. The van der Waals surface area contributed by atoms with E-state index in [2.05, 4.69) is 20.0 Å². The fourth-order valence-electron chi connectivity index (χ4n) is 2.93. The van der Waals surface area contributed by atoms with Crippen molar-refractivity contribution in [1.82, 2.24) is 9.97 Å². The Bertz CT molecular complexity index is 1300. The summed E-state index contributed by atoms with van der Waals surface area (Å²) < 4.78 is 33.3. The maximum Gasteiger partial charge on any atom is 0.262 e. The van der Waals surface area contributed by atoms with Crippen LogP contribution in [0.4, 0.5) is 11.6 Å². The molecule has 0 bridgehead atoms. The van der Waals surface area contributed by atoms with Gasteiger partial charge in [0.15, 0.2) is 0 Å². The van der Waals surface area contributed by atoms with E-state index in [0.29, 0.717) is 17.0 Å². The molecule has 152 valence electrons. The van der Waals surface area contributed by atoms with Crippen LogP contribution in [0.5, 0.6) is 5.75 Å². The number of carbonyl (C=O) groups excluding carboxylic acids is 1. The number of sulfonamides is 1. The summed E-state index contributed by atoms with van der Waals surface area (Å²) in [5, 5.41) is 2.65. The molecule has 0 radical (unpaired) electrons. The van der Waals surface area contributed by atoms with Crippen molar-refractivity contribution in [3.63, 3.8) is 0 Å². The molecule has 0 atom stereocenters. The number of hydrogen-bond acceptors (Lipinski definition) is 5. The van der Waals surface area contributed by atoms with Gasteiger partial charge in [0.05, 0.1) is 28.7 Å². The Morgan fingerprint density at radius 3 is 2.57 bits per heavy atom. The molecule has 0 saturated carbocycles. The highest BCUT2D eigenvalue weighted by molar-refractivity contribution is 7.92. The van der Waals surface area contributed by atoms with Gasteiger partial charge in [-0.2, -0.15) is 0 Å². The number of fused-ring (bicyclic) bond motifs is 1. The van der Waals surface area contributed by atoms with Gasteiger partial charge < -0.3 is 9.72 Å². The lowest BCUT2D eigenvalue weighted by Crippen LogP contribution is -2.16. The van der Waals surface area contributed by atoms with E-state index in [4.69, 9.17) is 4.74 Å². The Labute approximate surface area is 173 Å². The number of hydrogen-bond donors (Lipinski definition) is 3. The van der Waals surface area contributed by atoms with Crippen LogP contribution >= 0.6 is 0 Å². The summed E-state index contributed by atoms with van der Waals surface area (Å²) in [6.45, 7) is 0. The second kappa shape index (κ2) is 7.88. The van der Waals surface area contributed by atoms with Gasteiger partial charge in [0.25, 0.3) is 15.9 Å². The molecule has 0 aliphatic rings. The first-order valence-corrected chi connectivity index (χ1v) is 10.5. The second-order valence-corrected chi connectivity index (χ2v) is 8.07. The molecular weight excluding hydrogens is 404 g/mol. The molecule has 4 rings (SSSR count). The van der Waals surface area contributed by atoms with Crippen molar-refractivity contribution >= 4 is 38.6 Å². The number of nitrogens with zero attached hydrogens (tertiary/aromatic N) is 1. The van der Waals surface area contributed by atoms with Crippen molar-refractivity contribution in [3.05, 3.63) is 78.4 Å². The number of aromatic amines is 1. The molecule has 9 heteroatoms. The number of methoxy groups -OCH3 is 1. The maximum absolute atomic E-state index is 12.8. The van der Waals surface area contributed by atoms with Gasteiger partial charge >= 0.3 is 0 Å². The lowest BCUT2D eigenvalue weighted by Gasteiger charge is -2.12. The van der Waals surface area contributed by atoms with Gasteiger partial charge in [0.1, 0.15) is 5.75 Å². The Balaban J connectivity index is 1.57. The number of H-pyrrole nitrogens is 1. The fraction of sp³-hybridized carbons (Fsp3) is 0.0476. The summed E-state index contributed by atoms with van der Waals surface area (Å²) >= 11 is 0. The molecule has 1 heterocycles. The molecule has 0 spiro atoms. The van der Waals surface area contributed by atoms with E-state index in [1.54, 1.807) is 24.3 Å². The van der Waals surface area contributed by atoms with Gasteiger partial charge in [0, 0.05) is 5.56 Å². The van der Waals surface area contributed by atoms with E-state index in [1.165, 1.54) is 31.4 Å². The normalized spacial score (nSPS) is 11.2. The Morgan fingerprint density at radius 1 is 1.00 bits per heavy atom. The van der Waals surface area contributed by atoms with E-state index in [9.17, 15) is 13.2 Å². The fourth-order valence-corrected chi connectivity index (χ4v) is 4.04. The molecule has 0 aliphatic carbocycles. The summed E-state index contributed by atoms with van der Waals surface area (Å²) in [7, 11) is -2.47. The molecule has 3 N–H and O–H groups in total. The molecule has 0 fully saturated rings. The molecule has 1 amide bonds. The van der Waals surface area contributed by atoms with Crippen LogP contribution in [0.1, 0.15) is 10.4 Å². The number of imidazole rings is 1. The maximum atomic E-state index is 12.8. The number of para-hydroxylation sites is 4. The first kappa shape index (κ1) is 19.5. The van der Waals surface area contributed by atoms with Crippen molar-refractivity contribution in [1.29, 1.82) is 0 Å². The summed E-state index contributed by atoms with van der Waals surface area (Å²) in [6, 6.07) is 19.8. The van der Waals surface area contributed by atoms with Crippen molar-refractivity contribution in [3.8, 4) is 5.75 Å². The first-order valence-electron chi connectivity index (χ1n) is 8.98. The summed E-state index contributed by atoms with van der Waals surface area (Å²) in [5.41, 5.74) is 1.98. The van der Waals surface area contributed by atoms with Crippen LogP contribution in [0.25, 0.3) is 11.0 Å². The Morgan fingerprint density at radius 2 is 1.77 bits per heavy atom. The van der Waals surface area contributed by atoms with Gasteiger partial charge in [-0.3, -0.25) is 14.8 Å². The monoisotopic (exact) mass is 422 g/mol. The first-order chi connectivity index (χ1) is 14.5. The van der Waals surface area contributed by atoms with E-state index in [-0.39, 0.29) is 16.4 Å². The third kappa shape index (κ3) is 3.96. The summed E-state index contributed by atoms with van der Waals surface area (Å²) in [4.78, 5) is 19.9. The lowest BCUT2D eigenvalue weighted by molar-refractivity contribution is 0.102. The van der Waals surface area contributed by atoms with Crippen molar-refractivity contribution in [2.24, 2.45) is 0 Å². The largest absolute Gasteiger partial charge is 0.495 e. The molecule has 30 heavy (non-hydrogen) atoms. The zero-order valence-corrected chi connectivity index (χ0v) is 16.7. The van der Waals surface area contributed by atoms with Crippen LogP contribution in [0.15, 0.2) is 77.7 Å². The topological polar surface area (TPSA) is 113 Å². The zero-order chi connectivity index (χ0) is 21.1. The molecular formula is C21H18N4O4S. The van der Waals surface area contributed by atoms with E-state index in [1.807, 2.05) is 24.3 Å². The van der Waals surface area contributed by atoms with Crippen molar-refractivity contribution < 1.29 is 17.9 Å². The molecule has 0 saturated heterocycles. The highest BCUT2D eigenvalue weighted by Gasteiger charge is 2.18. The van der Waals surface area contributed by atoms with Crippen molar-refractivity contribution in [2.75, 3.05) is 17.1 Å². The number of nitrogens with one attached hydrogen (secondary N) is 3. The minimum absolute atomic E-state index is 0.0503. The molecule has 8 nitrogen and oxygen atoms in total. The third-order valence-corrected chi connectivity index (χ3v) is 5.74. The number of anilines is 2. The Hall–Kier alpha value is -3.85. The number of carbonyl (C=O) groups is 1. The standard InChI is InChI=1S/C21H18N4O4S/c1-29-19-12-5-4-11-18(19)25-30(27,28)15-8-6-7-14(13-15)20(26)24-21-22-16-9-2-3-10-17(16)23-21/h2-13,25H,1H3,(H2,22,23,24,26). The van der Waals surface area contributed by atoms with E-state index in [0.717, 1.165) is 5.52 Å². The quantitative estimate of drug-likeness (QED) is 0.439. The van der Waals surface area contributed by atoms with Gasteiger partial charge in [-0.15, -0.1) is 0 Å². The molecule has 0 unspecified atom stereocenters. The van der Waals surface area contributed by atoms with Crippen LogP contribution in [-0.4, -0.2) is 31.4 Å². The van der Waals surface area contributed by atoms with Gasteiger partial charge in [-0.05, 0) is 42.5 Å². The smallest absolute Gasteiger partial charge is 0.262 e. The SMILES string of the molecule is COc1ccccc1NS(=O)(=O)c1cccc(C(=O)Nc2nc3ccccc3[nH]2)c1. The summed E-state index contributed by atoms with van der Waals surface area (Å²) in [5.74, 6) is 0.185. The highest BCUT2D eigenvalue weighted by atomic mass is 32.2. The lowest BCUT2D eigenvalue weighted by atomic mass is 10.2. The average molecular weight is 422 g/mol.